The number of unbranched alkanes of at least 4 members (excludes halogenated alkanes) is 5. The van der Waals surface area contributed by atoms with Gasteiger partial charge in [-0.1, -0.05) is 32.6 Å². The van der Waals surface area contributed by atoms with Gasteiger partial charge in [0.15, 0.2) is 0 Å². The van der Waals surface area contributed by atoms with Gasteiger partial charge in [0.25, 0.3) is 0 Å². The van der Waals surface area contributed by atoms with Crippen molar-refractivity contribution in [2.75, 3.05) is 27.7 Å². The van der Waals surface area contributed by atoms with Crippen LogP contribution < -0.4 is 16.8 Å². The summed E-state index contributed by atoms with van der Waals surface area (Å²) >= 11 is -5.62. The summed E-state index contributed by atoms with van der Waals surface area (Å²) in [7, 11) is 6.81. The van der Waals surface area contributed by atoms with Gasteiger partial charge in [0.1, 0.15) is 0 Å². The lowest BCUT2D eigenvalue weighted by Crippen LogP contribution is -2.68. The summed E-state index contributed by atoms with van der Waals surface area (Å²) in [6, 6.07) is 0. The van der Waals surface area contributed by atoms with Crippen molar-refractivity contribution in [3.8, 4) is 0 Å². The minimum atomic E-state index is -5.62. The predicted octanol–water partition coefficient (Wildman–Crippen LogP) is -1.70. The Morgan fingerprint density at radius 2 is 1.12 bits per heavy atom. The molecule has 6 heteroatoms. The molecule has 0 spiro atoms. The molecule has 106 valence electrons. The monoisotopic (exact) mass is 315 g/mol. The zero-order valence-corrected chi connectivity index (χ0v) is 13.0. The van der Waals surface area contributed by atoms with Crippen LogP contribution in [0.15, 0.2) is 0 Å². The van der Waals surface area contributed by atoms with E-state index in [9.17, 15) is 0 Å². The lowest BCUT2D eigenvalue weighted by Gasteiger charge is -2.23. The molecule has 0 saturated carbocycles. The highest BCUT2D eigenvalue weighted by Gasteiger charge is 2.04. The molecule has 0 saturated heterocycles. The minimum absolute atomic E-state index is 1.12. The standard InChI is InChI=1S/C11H26N.BrO4/c1-5-6-7-8-9-10-11-12(2,3)4;2-1(3,4)5/h5-11H2,1-4H3;/q+1;-1. The quantitative estimate of drug-likeness (QED) is 0.413. The SMILES string of the molecule is CCCCCCCC[N+](C)(C)C.[O-][Br+3]([O-])([O-])[O-]. The van der Waals surface area contributed by atoms with Crippen LogP contribution in [0, 0.1) is 14.1 Å². The summed E-state index contributed by atoms with van der Waals surface area (Å²) in [5.41, 5.74) is 0. The fraction of sp³-hybridized carbons (Fsp3) is 1.00. The van der Waals surface area contributed by atoms with Gasteiger partial charge in [0.05, 0.1) is 41.8 Å². The number of hydrogen-bond donors (Lipinski definition) is 0. The molecular formula is C11H26BrNO4. The zero-order valence-electron chi connectivity index (χ0n) is 11.4. The van der Waals surface area contributed by atoms with Crippen molar-refractivity contribution in [2.24, 2.45) is 0 Å². The maximum Gasteiger partial charge on any atom is 0.0780 e. The van der Waals surface area contributed by atoms with Crippen molar-refractivity contribution in [3.05, 3.63) is 0 Å². The Kier molecular flexibility index (Phi) is 11.8. The van der Waals surface area contributed by atoms with Crippen LogP contribution in [0.3, 0.4) is 0 Å². The van der Waals surface area contributed by atoms with Crippen LogP contribution in [0.25, 0.3) is 0 Å². The number of nitrogens with zero attached hydrogens (tertiary/aromatic N) is 1. The first-order valence-electron chi connectivity index (χ1n) is 5.98. The van der Waals surface area contributed by atoms with Gasteiger partial charge in [-0.2, -0.15) is 0 Å². The van der Waals surface area contributed by atoms with Crippen LogP contribution in [0.5, 0.6) is 0 Å². The molecular weight excluding hydrogens is 290 g/mol. The minimum Gasteiger partial charge on any atom is -0.331 e. The first kappa shape index (κ1) is 19.6. The van der Waals surface area contributed by atoms with Gasteiger partial charge in [0.2, 0.25) is 0 Å². The number of quaternary nitrogens is 1. The lowest BCUT2D eigenvalue weighted by atomic mass is 10.1. The fourth-order valence-electron chi connectivity index (χ4n) is 1.37. The Bertz CT molecular complexity index is 160. The second-order valence-corrected chi connectivity index (χ2v) is 6.75. The third kappa shape index (κ3) is 38.5. The molecule has 17 heavy (non-hydrogen) atoms. The van der Waals surface area contributed by atoms with E-state index in [0.717, 1.165) is 4.48 Å². The molecule has 0 aliphatic rings. The van der Waals surface area contributed by atoms with E-state index >= 15 is 0 Å². The molecule has 0 bridgehead atoms. The molecule has 0 aromatic carbocycles. The second kappa shape index (κ2) is 10.2. The van der Waals surface area contributed by atoms with Crippen molar-refractivity contribution in [1.29, 1.82) is 0 Å². The van der Waals surface area contributed by atoms with Crippen molar-refractivity contribution in [2.45, 2.75) is 45.4 Å². The van der Waals surface area contributed by atoms with Crippen LogP contribution in [0.4, 0.5) is 0 Å². The molecule has 0 heterocycles. The highest BCUT2D eigenvalue weighted by Crippen LogP contribution is 2.06. The van der Waals surface area contributed by atoms with Crippen LogP contribution in [0.1, 0.15) is 45.4 Å². The van der Waals surface area contributed by atoms with Crippen molar-refractivity contribution >= 4 is 0 Å². The van der Waals surface area contributed by atoms with E-state index in [1.807, 2.05) is 0 Å². The van der Waals surface area contributed by atoms with Gasteiger partial charge in [-0.25, -0.2) is 0 Å². The average molecular weight is 316 g/mol. The van der Waals surface area contributed by atoms with E-state index in [1.54, 1.807) is 0 Å². The smallest absolute Gasteiger partial charge is 0.0780 e. The van der Waals surface area contributed by atoms with Gasteiger partial charge in [-0.15, -0.1) is 0 Å². The third-order valence-electron chi connectivity index (χ3n) is 2.18. The molecule has 0 aliphatic heterocycles. The molecule has 0 aromatic heterocycles. The van der Waals surface area contributed by atoms with Crippen molar-refractivity contribution in [1.82, 2.24) is 0 Å². The van der Waals surface area contributed by atoms with Gasteiger partial charge in [-0.05, 0) is 12.8 Å². The molecule has 0 N–H and O–H groups in total. The predicted molar refractivity (Wildman–Crippen MR) is 56.3 cm³/mol. The van der Waals surface area contributed by atoms with Gasteiger partial charge < -0.3 is 4.48 Å². The third-order valence-corrected chi connectivity index (χ3v) is 2.18. The lowest BCUT2D eigenvalue weighted by molar-refractivity contribution is -2.00. The van der Waals surface area contributed by atoms with Gasteiger partial charge in [0, 0.05) is 0 Å². The van der Waals surface area contributed by atoms with E-state index in [1.165, 1.54) is 45.1 Å². The molecule has 0 fully saturated rings. The molecule has 0 rings (SSSR count). The number of rotatable bonds is 7. The molecule has 0 radical (unpaired) electrons. The Balaban J connectivity index is 0. The zero-order chi connectivity index (χ0) is 13.9. The summed E-state index contributed by atoms with van der Waals surface area (Å²) in [5.74, 6) is 0. The summed E-state index contributed by atoms with van der Waals surface area (Å²) in [6.45, 7) is 3.60. The second-order valence-electron chi connectivity index (χ2n) is 5.16. The van der Waals surface area contributed by atoms with Crippen LogP contribution in [-0.4, -0.2) is 32.2 Å². The van der Waals surface area contributed by atoms with Gasteiger partial charge in [-0.3, -0.25) is 16.8 Å². The number of halogens is 1. The number of hydrogen-bond acceptors (Lipinski definition) is 4. The average Bonchev–Trinajstić information content (AvgIpc) is 2.06. The highest BCUT2D eigenvalue weighted by atomic mass is 80.0. The van der Waals surface area contributed by atoms with E-state index in [-0.39, 0.29) is 0 Å². The van der Waals surface area contributed by atoms with E-state index in [0.29, 0.717) is 0 Å². The Morgan fingerprint density at radius 3 is 1.47 bits per heavy atom. The van der Waals surface area contributed by atoms with E-state index in [4.69, 9.17) is 16.8 Å². The van der Waals surface area contributed by atoms with Crippen LogP contribution in [0.2, 0.25) is 0 Å². The molecule has 0 amide bonds. The maximum absolute atomic E-state index is 8.58. The highest BCUT2D eigenvalue weighted by molar-refractivity contribution is 4.42. The molecule has 0 aliphatic carbocycles. The summed E-state index contributed by atoms with van der Waals surface area (Å²) in [6.07, 6.45) is 8.48. The molecule has 0 unspecified atom stereocenters. The molecule has 5 nitrogen and oxygen atoms in total. The topological polar surface area (TPSA) is 92.2 Å². The van der Waals surface area contributed by atoms with Crippen LogP contribution in [-0.2, 0) is 0 Å². The summed E-state index contributed by atoms with van der Waals surface area (Å²) in [5, 5.41) is 0. The summed E-state index contributed by atoms with van der Waals surface area (Å²) < 4.78 is 35.4. The van der Waals surface area contributed by atoms with Crippen LogP contribution >= 0.6 is 0 Å². The van der Waals surface area contributed by atoms with Crippen molar-refractivity contribution < 1.29 is 35.4 Å². The largest absolute Gasteiger partial charge is 0.331 e. The summed E-state index contributed by atoms with van der Waals surface area (Å²) in [4.78, 5) is 0. The van der Waals surface area contributed by atoms with E-state index in [2.05, 4.69) is 28.1 Å². The fourth-order valence-corrected chi connectivity index (χ4v) is 1.37. The molecule has 0 aromatic rings. The first-order chi connectivity index (χ1) is 7.56. The Hall–Kier alpha value is 0.280. The molecule has 0 atom stereocenters. The first-order valence-corrected chi connectivity index (χ1v) is 8.57. The van der Waals surface area contributed by atoms with Gasteiger partial charge >= 0.3 is 0 Å². The Morgan fingerprint density at radius 1 is 0.765 bits per heavy atom. The Labute approximate surface area is 109 Å². The van der Waals surface area contributed by atoms with E-state index < -0.39 is 14.1 Å². The van der Waals surface area contributed by atoms with Crippen molar-refractivity contribution in [3.63, 3.8) is 0 Å². The maximum atomic E-state index is 8.58. The normalized spacial score (nSPS) is 12.0.